The van der Waals surface area contributed by atoms with E-state index in [0.29, 0.717) is 41.7 Å². The van der Waals surface area contributed by atoms with E-state index >= 15 is 0 Å². The van der Waals surface area contributed by atoms with Crippen LogP contribution in [0.15, 0.2) is 42.5 Å². The van der Waals surface area contributed by atoms with Crippen molar-refractivity contribution in [2.75, 3.05) is 18.4 Å². The number of halogens is 1. The van der Waals surface area contributed by atoms with E-state index in [0.717, 1.165) is 30.5 Å². The van der Waals surface area contributed by atoms with Gasteiger partial charge in [-0.25, -0.2) is 9.78 Å². The van der Waals surface area contributed by atoms with E-state index in [-0.39, 0.29) is 23.6 Å². The molecule has 0 unspecified atom stereocenters. The molecule has 1 aliphatic carbocycles. The molecule has 176 valence electrons. The predicted octanol–water partition coefficient (Wildman–Crippen LogP) is 4.36. The van der Waals surface area contributed by atoms with Crippen molar-refractivity contribution in [1.82, 2.24) is 25.8 Å². The van der Waals surface area contributed by atoms with E-state index in [2.05, 4.69) is 31.1 Å². The minimum Gasteiger partial charge on any atom is -0.446 e. The molecule has 2 atom stereocenters. The largest absolute Gasteiger partial charge is 0.446 e. The fourth-order valence-electron chi connectivity index (χ4n) is 4.42. The van der Waals surface area contributed by atoms with Gasteiger partial charge < -0.3 is 20.7 Å². The van der Waals surface area contributed by atoms with Gasteiger partial charge >= 0.3 is 6.09 Å². The van der Waals surface area contributed by atoms with Crippen molar-refractivity contribution in [3.05, 3.63) is 58.9 Å². The quantitative estimate of drug-likeness (QED) is 0.410. The van der Waals surface area contributed by atoms with Crippen LogP contribution in [0.5, 0.6) is 0 Å². The third-order valence-electron chi connectivity index (χ3n) is 6.11. The number of alkyl carbamates (subject to hydrolysis) is 1. The second-order valence-electron chi connectivity index (χ2n) is 8.51. The minimum atomic E-state index is -0.428. The SMILES string of the molecule is O=C1NCCCNC(=O)c2nc(ccc2-c2cccc(Cl)c2)Nc2cc([nH]n2)[C@H]2CC[C@H](C2)O1. The van der Waals surface area contributed by atoms with Gasteiger partial charge in [-0.3, -0.25) is 9.89 Å². The molecular formula is C24H25ClN6O3. The molecule has 1 aliphatic heterocycles. The lowest BCUT2D eigenvalue weighted by atomic mass is 10.0. The molecule has 5 rings (SSSR count). The molecule has 1 fully saturated rings. The van der Waals surface area contributed by atoms with E-state index in [1.807, 2.05) is 30.3 Å². The van der Waals surface area contributed by atoms with Gasteiger partial charge in [0.15, 0.2) is 5.82 Å². The van der Waals surface area contributed by atoms with E-state index in [1.54, 1.807) is 12.1 Å². The maximum atomic E-state index is 13.1. The number of anilines is 2. The molecule has 9 nitrogen and oxygen atoms in total. The number of benzene rings is 1. The number of fused-ring (bicyclic) bond motifs is 7. The van der Waals surface area contributed by atoms with Crippen LogP contribution in [0, 0.1) is 0 Å². The lowest BCUT2D eigenvalue weighted by Gasteiger charge is -2.14. The number of aromatic nitrogens is 3. The Bertz CT molecular complexity index is 1210. The highest BCUT2D eigenvalue weighted by atomic mass is 35.5. The third kappa shape index (κ3) is 4.99. The van der Waals surface area contributed by atoms with Crippen molar-refractivity contribution in [3.63, 3.8) is 0 Å². The number of pyridine rings is 1. The Kier molecular flexibility index (Phi) is 6.35. The predicted molar refractivity (Wildman–Crippen MR) is 128 cm³/mol. The van der Waals surface area contributed by atoms with Gasteiger partial charge in [0.2, 0.25) is 0 Å². The lowest BCUT2D eigenvalue weighted by Crippen LogP contribution is -2.32. The molecule has 0 spiro atoms. The summed E-state index contributed by atoms with van der Waals surface area (Å²) in [5.74, 6) is 1.03. The average molecular weight is 481 g/mol. The molecule has 2 aliphatic rings. The van der Waals surface area contributed by atoms with Gasteiger partial charge in [-0.1, -0.05) is 23.7 Å². The van der Waals surface area contributed by atoms with Crippen LogP contribution in [0.25, 0.3) is 11.1 Å². The first-order valence-electron chi connectivity index (χ1n) is 11.4. The Hall–Kier alpha value is -3.59. The molecule has 2 amide bonds. The third-order valence-corrected chi connectivity index (χ3v) is 6.34. The van der Waals surface area contributed by atoms with Crippen LogP contribution in [0.2, 0.25) is 5.02 Å². The van der Waals surface area contributed by atoms with E-state index in [1.165, 1.54) is 0 Å². The second kappa shape index (κ2) is 9.72. The first kappa shape index (κ1) is 22.2. The van der Waals surface area contributed by atoms with Crippen molar-refractivity contribution in [2.45, 2.75) is 37.7 Å². The molecule has 1 aromatic carbocycles. The first-order valence-corrected chi connectivity index (χ1v) is 11.7. The van der Waals surface area contributed by atoms with Crippen LogP contribution < -0.4 is 16.0 Å². The summed E-state index contributed by atoms with van der Waals surface area (Å²) in [6, 6.07) is 12.9. The number of amides is 2. The Labute approximate surface area is 201 Å². The maximum Gasteiger partial charge on any atom is 0.407 e. The standard InChI is InChI=1S/C24H25ClN6O3/c25-16-4-1-3-14(11-16)18-7-8-20-28-21-13-19(30-31-21)15-5-6-17(12-15)34-24(33)27-10-2-9-26-23(32)22(18)29-20/h1,3-4,7-8,11,13,15,17H,2,5-6,9-10,12H2,(H,26,32)(H,27,33)(H2,28,29,30,31)/t15-,17+/m0/s1. The number of hydrogen-bond acceptors (Lipinski definition) is 6. The zero-order valence-electron chi connectivity index (χ0n) is 18.4. The molecule has 3 heterocycles. The van der Waals surface area contributed by atoms with Gasteiger partial charge in [0, 0.05) is 41.4 Å². The molecule has 3 aromatic rings. The van der Waals surface area contributed by atoms with Gasteiger partial charge in [0.25, 0.3) is 5.91 Å². The summed E-state index contributed by atoms with van der Waals surface area (Å²) in [6.45, 7) is 0.775. The molecule has 6 bridgehead atoms. The monoisotopic (exact) mass is 480 g/mol. The number of nitrogens with one attached hydrogen (secondary N) is 4. The zero-order chi connectivity index (χ0) is 23.5. The Balaban J connectivity index is 1.46. The van der Waals surface area contributed by atoms with Crippen molar-refractivity contribution < 1.29 is 14.3 Å². The molecule has 10 heteroatoms. The fourth-order valence-corrected chi connectivity index (χ4v) is 4.61. The van der Waals surface area contributed by atoms with Gasteiger partial charge in [-0.2, -0.15) is 5.10 Å². The average Bonchev–Trinajstić information content (AvgIpc) is 3.47. The van der Waals surface area contributed by atoms with Gasteiger partial charge in [0.05, 0.1) is 0 Å². The van der Waals surface area contributed by atoms with Gasteiger partial charge in [-0.05, 0) is 55.5 Å². The van der Waals surface area contributed by atoms with Crippen LogP contribution in [-0.4, -0.2) is 46.4 Å². The highest BCUT2D eigenvalue weighted by Crippen LogP contribution is 2.36. The first-order chi connectivity index (χ1) is 16.5. The van der Waals surface area contributed by atoms with Gasteiger partial charge in [0.1, 0.15) is 17.6 Å². The number of H-pyrrole nitrogens is 1. The number of carbonyl (C=O) groups excluding carboxylic acids is 2. The topological polar surface area (TPSA) is 121 Å². The molecule has 1 saturated carbocycles. The molecular weight excluding hydrogens is 456 g/mol. The highest BCUT2D eigenvalue weighted by molar-refractivity contribution is 6.30. The molecule has 4 N–H and O–H groups in total. The Morgan fingerprint density at radius 2 is 1.88 bits per heavy atom. The summed E-state index contributed by atoms with van der Waals surface area (Å²) < 4.78 is 5.56. The number of hydrogen-bond donors (Lipinski definition) is 4. The maximum absolute atomic E-state index is 13.1. The number of aromatic amines is 1. The van der Waals surface area contributed by atoms with Crippen LogP contribution >= 0.6 is 11.6 Å². The number of rotatable bonds is 1. The van der Waals surface area contributed by atoms with Gasteiger partial charge in [-0.15, -0.1) is 0 Å². The van der Waals surface area contributed by atoms with Crippen LogP contribution in [-0.2, 0) is 4.74 Å². The van der Waals surface area contributed by atoms with Crippen LogP contribution in [0.1, 0.15) is 47.8 Å². The molecule has 0 radical (unpaired) electrons. The number of carbonyl (C=O) groups is 2. The molecule has 0 saturated heterocycles. The minimum absolute atomic E-state index is 0.119. The number of ether oxygens (including phenoxy) is 1. The summed E-state index contributed by atoms with van der Waals surface area (Å²) in [5.41, 5.74) is 2.71. The Morgan fingerprint density at radius 3 is 2.76 bits per heavy atom. The fraction of sp³-hybridized carbons (Fsp3) is 0.333. The summed E-state index contributed by atoms with van der Waals surface area (Å²) in [7, 11) is 0. The van der Waals surface area contributed by atoms with Crippen molar-refractivity contribution >= 4 is 35.2 Å². The summed E-state index contributed by atoms with van der Waals surface area (Å²) in [4.78, 5) is 29.8. The van der Waals surface area contributed by atoms with E-state index < -0.39 is 6.09 Å². The second-order valence-corrected chi connectivity index (χ2v) is 8.95. The Morgan fingerprint density at radius 1 is 1.00 bits per heavy atom. The summed E-state index contributed by atoms with van der Waals surface area (Å²) in [6.07, 6.45) is 2.49. The highest BCUT2D eigenvalue weighted by Gasteiger charge is 2.30. The number of nitrogens with zero attached hydrogens (tertiary/aromatic N) is 2. The van der Waals surface area contributed by atoms with Crippen molar-refractivity contribution in [2.24, 2.45) is 0 Å². The smallest absolute Gasteiger partial charge is 0.407 e. The molecule has 2 aromatic heterocycles. The normalized spacial score (nSPS) is 20.9. The van der Waals surface area contributed by atoms with Crippen molar-refractivity contribution in [1.29, 1.82) is 0 Å². The van der Waals surface area contributed by atoms with E-state index in [9.17, 15) is 9.59 Å². The van der Waals surface area contributed by atoms with Crippen LogP contribution in [0.4, 0.5) is 16.4 Å². The lowest BCUT2D eigenvalue weighted by molar-refractivity contribution is 0.0949. The summed E-state index contributed by atoms with van der Waals surface area (Å²) in [5, 5.41) is 16.8. The molecule has 34 heavy (non-hydrogen) atoms. The van der Waals surface area contributed by atoms with E-state index in [4.69, 9.17) is 16.3 Å². The van der Waals surface area contributed by atoms with Crippen LogP contribution in [0.3, 0.4) is 0 Å². The zero-order valence-corrected chi connectivity index (χ0v) is 19.2. The summed E-state index contributed by atoms with van der Waals surface area (Å²) >= 11 is 6.18. The van der Waals surface area contributed by atoms with Crippen molar-refractivity contribution in [3.8, 4) is 11.1 Å².